The summed E-state index contributed by atoms with van der Waals surface area (Å²) in [6.45, 7) is 6.10. The Morgan fingerprint density at radius 3 is 2.29 bits per heavy atom. The first-order chi connectivity index (χ1) is 8.08. The molecule has 0 spiro atoms. The highest BCUT2D eigenvalue weighted by atomic mass is 19.1. The van der Waals surface area contributed by atoms with Gasteiger partial charge in [-0.25, -0.2) is 4.39 Å². The molecule has 0 saturated carbocycles. The van der Waals surface area contributed by atoms with E-state index in [9.17, 15) is 4.39 Å². The van der Waals surface area contributed by atoms with E-state index in [2.05, 4.69) is 26.0 Å². The average Bonchev–Trinajstić information content (AvgIpc) is 2.33. The zero-order valence-electron chi connectivity index (χ0n) is 10.5. The Morgan fingerprint density at radius 1 is 0.941 bits per heavy atom. The molecule has 0 amide bonds. The lowest BCUT2D eigenvalue weighted by Gasteiger charge is -2.09. The van der Waals surface area contributed by atoms with E-state index in [1.54, 1.807) is 13.0 Å². The molecule has 88 valence electrons. The molecule has 2 aromatic rings. The highest BCUT2D eigenvalue weighted by Gasteiger charge is 2.04. The first-order valence-electron chi connectivity index (χ1n) is 5.94. The summed E-state index contributed by atoms with van der Waals surface area (Å²) in [5.41, 5.74) is 3.99. The molecule has 0 aliphatic rings. The summed E-state index contributed by atoms with van der Waals surface area (Å²) >= 11 is 0. The van der Waals surface area contributed by atoms with Gasteiger partial charge in [-0.3, -0.25) is 0 Å². The van der Waals surface area contributed by atoms with Crippen molar-refractivity contribution in [3.63, 3.8) is 0 Å². The van der Waals surface area contributed by atoms with Crippen LogP contribution in [-0.4, -0.2) is 0 Å². The van der Waals surface area contributed by atoms with E-state index in [0.29, 0.717) is 11.5 Å². The van der Waals surface area contributed by atoms with Crippen molar-refractivity contribution in [2.45, 2.75) is 26.7 Å². The van der Waals surface area contributed by atoms with Crippen molar-refractivity contribution >= 4 is 0 Å². The van der Waals surface area contributed by atoms with Crippen LogP contribution in [0.3, 0.4) is 0 Å². The second-order valence-corrected chi connectivity index (χ2v) is 4.74. The fourth-order valence-electron chi connectivity index (χ4n) is 1.85. The van der Waals surface area contributed by atoms with Crippen molar-refractivity contribution in [2.75, 3.05) is 0 Å². The van der Waals surface area contributed by atoms with Gasteiger partial charge in [0.2, 0.25) is 0 Å². The largest absolute Gasteiger partial charge is 0.207 e. The normalized spacial score (nSPS) is 10.9. The van der Waals surface area contributed by atoms with Crippen LogP contribution in [0.5, 0.6) is 0 Å². The molecule has 0 N–H and O–H groups in total. The first-order valence-corrected chi connectivity index (χ1v) is 5.94. The third-order valence-electron chi connectivity index (χ3n) is 3.06. The quantitative estimate of drug-likeness (QED) is 0.684. The summed E-state index contributed by atoms with van der Waals surface area (Å²) in [6, 6.07) is 13.7. The van der Waals surface area contributed by atoms with Crippen LogP contribution >= 0.6 is 0 Å². The van der Waals surface area contributed by atoms with Crippen molar-refractivity contribution < 1.29 is 4.39 Å². The van der Waals surface area contributed by atoms with Crippen LogP contribution in [0.4, 0.5) is 4.39 Å². The topological polar surface area (TPSA) is 0 Å². The SMILES string of the molecule is Cc1ccc(-c2cccc(C(C)C)c2)cc1F. The van der Waals surface area contributed by atoms with Gasteiger partial charge in [-0.2, -0.15) is 0 Å². The summed E-state index contributed by atoms with van der Waals surface area (Å²) in [5.74, 6) is 0.350. The predicted octanol–water partition coefficient (Wildman–Crippen LogP) is 4.92. The average molecular weight is 228 g/mol. The highest BCUT2D eigenvalue weighted by molar-refractivity contribution is 5.64. The van der Waals surface area contributed by atoms with E-state index in [0.717, 1.165) is 11.1 Å². The summed E-state index contributed by atoms with van der Waals surface area (Å²) in [7, 11) is 0. The van der Waals surface area contributed by atoms with E-state index in [4.69, 9.17) is 0 Å². The molecule has 0 atom stereocenters. The third-order valence-corrected chi connectivity index (χ3v) is 3.06. The molecule has 1 heteroatoms. The van der Waals surface area contributed by atoms with Crippen LogP contribution in [0.25, 0.3) is 11.1 Å². The Hall–Kier alpha value is -1.63. The maximum atomic E-state index is 13.5. The van der Waals surface area contributed by atoms with Crippen LogP contribution in [-0.2, 0) is 0 Å². The monoisotopic (exact) mass is 228 g/mol. The molecule has 2 rings (SSSR count). The maximum absolute atomic E-state index is 13.5. The molecule has 0 heterocycles. The van der Waals surface area contributed by atoms with Crippen molar-refractivity contribution in [1.82, 2.24) is 0 Å². The van der Waals surface area contributed by atoms with Gasteiger partial charge in [-0.15, -0.1) is 0 Å². The van der Waals surface area contributed by atoms with Crippen molar-refractivity contribution in [3.05, 3.63) is 59.4 Å². The summed E-state index contributed by atoms with van der Waals surface area (Å²) in [4.78, 5) is 0. The third kappa shape index (κ3) is 2.55. The van der Waals surface area contributed by atoms with Gasteiger partial charge < -0.3 is 0 Å². The molecular formula is C16H17F. The number of benzene rings is 2. The van der Waals surface area contributed by atoms with E-state index >= 15 is 0 Å². The number of aryl methyl sites for hydroxylation is 1. The molecule has 0 nitrogen and oxygen atoms in total. The Balaban J connectivity index is 2.45. The fourth-order valence-corrected chi connectivity index (χ4v) is 1.85. The number of hydrogen-bond acceptors (Lipinski definition) is 0. The molecule has 0 radical (unpaired) electrons. The van der Waals surface area contributed by atoms with Crippen LogP contribution < -0.4 is 0 Å². The lowest BCUT2D eigenvalue weighted by molar-refractivity contribution is 0.619. The van der Waals surface area contributed by atoms with Crippen LogP contribution in [0.1, 0.15) is 30.9 Å². The van der Waals surface area contributed by atoms with Gasteiger partial charge in [0, 0.05) is 0 Å². The van der Waals surface area contributed by atoms with Gasteiger partial charge in [0.1, 0.15) is 5.82 Å². The van der Waals surface area contributed by atoms with E-state index in [1.807, 2.05) is 24.3 Å². The Morgan fingerprint density at radius 2 is 1.65 bits per heavy atom. The lowest BCUT2D eigenvalue weighted by Crippen LogP contribution is -1.89. The zero-order chi connectivity index (χ0) is 12.4. The molecular weight excluding hydrogens is 211 g/mol. The fraction of sp³-hybridized carbons (Fsp3) is 0.250. The number of hydrogen-bond donors (Lipinski definition) is 0. The second-order valence-electron chi connectivity index (χ2n) is 4.74. The van der Waals surface area contributed by atoms with Crippen molar-refractivity contribution in [1.29, 1.82) is 0 Å². The number of halogens is 1. The van der Waals surface area contributed by atoms with E-state index < -0.39 is 0 Å². The highest BCUT2D eigenvalue weighted by Crippen LogP contribution is 2.25. The summed E-state index contributed by atoms with van der Waals surface area (Å²) in [5, 5.41) is 0. The summed E-state index contributed by atoms with van der Waals surface area (Å²) < 4.78 is 13.5. The second kappa shape index (κ2) is 4.70. The van der Waals surface area contributed by atoms with Crippen molar-refractivity contribution in [3.8, 4) is 11.1 Å². The summed E-state index contributed by atoms with van der Waals surface area (Å²) in [6.07, 6.45) is 0. The minimum Gasteiger partial charge on any atom is -0.207 e. The molecule has 2 aromatic carbocycles. The van der Waals surface area contributed by atoms with E-state index in [-0.39, 0.29) is 5.82 Å². The molecule has 17 heavy (non-hydrogen) atoms. The first kappa shape index (κ1) is 11.8. The van der Waals surface area contributed by atoms with Gasteiger partial charge >= 0.3 is 0 Å². The standard InChI is InChI=1S/C16H17F/c1-11(2)13-5-4-6-14(9-13)15-8-7-12(3)16(17)10-15/h4-11H,1-3H3. The Kier molecular flexibility index (Phi) is 3.28. The maximum Gasteiger partial charge on any atom is 0.126 e. The van der Waals surface area contributed by atoms with Crippen LogP contribution in [0.15, 0.2) is 42.5 Å². The Bertz CT molecular complexity index is 527. The van der Waals surface area contributed by atoms with Gasteiger partial charge in [0.15, 0.2) is 0 Å². The molecule has 0 fully saturated rings. The molecule has 0 aromatic heterocycles. The van der Waals surface area contributed by atoms with E-state index in [1.165, 1.54) is 5.56 Å². The lowest BCUT2D eigenvalue weighted by atomic mass is 9.97. The zero-order valence-corrected chi connectivity index (χ0v) is 10.5. The molecule has 0 aliphatic carbocycles. The minimum absolute atomic E-state index is 0.141. The molecule has 0 unspecified atom stereocenters. The van der Waals surface area contributed by atoms with Gasteiger partial charge in [0.05, 0.1) is 0 Å². The molecule has 0 saturated heterocycles. The minimum atomic E-state index is -0.141. The smallest absolute Gasteiger partial charge is 0.126 e. The molecule has 0 bridgehead atoms. The van der Waals surface area contributed by atoms with Gasteiger partial charge in [-0.05, 0) is 41.2 Å². The Labute approximate surface area is 102 Å². The van der Waals surface area contributed by atoms with Gasteiger partial charge in [-0.1, -0.05) is 50.2 Å². The predicted molar refractivity (Wildman–Crippen MR) is 70.7 cm³/mol. The van der Waals surface area contributed by atoms with Crippen molar-refractivity contribution in [2.24, 2.45) is 0 Å². The van der Waals surface area contributed by atoms with Crippen LogP contribution in [0.2, 0.25) is 0 Å². The van der Waals surface area contributed by atoms with Crippen LogP contribution in [0, 0.1) is 12.7 Å². The molecule has 0 aliphatic heterocycles. The number of rotatable bonds is 2. The van der Waals surface area contributed by atoms with Gasteiger partial charge in [0.25, 0.3) is 0 Å².